The monoisotopic (exact) mass is 245 g/mol. The van der Waals surface area contributed by atoms with Crippen molar-refractivity contribution in [3.63, 3.8) is 0 Å². The number of hydrogen-bond donors (Lipinski definition) is 1. The minimum absolute atomic E-state index is 0.0992. The molecule has 1 N–H and O–H groups in total. The second kappa shape index (κ2) is 4.65. The molecular formula is C13H15N3O2. The lowest BCUT2D eigenvalue weighted by Crippen LogP contribution is -2.14. The third kappa shape index (κ3) is 2.43. The summed E-state index contributed by atoms with van der Waals surface area (Å²) in [4.78, 5) is 10.3. The molecule has 0 heterocycles. The lowest BCUT2D eigenvalue weighted by Gasteiger charge is -2.14. The highest BCUT2D eigenvalue weighted by Gasteiger charge is 2.40. The Morgan fingerprint density at radius 1 is 1.56 bits per heavy atom. The fourth-order valence-electron chi connectivity index (χ4n) is 2.01. The lowest BCUT2D eigenvalue weighted by molar-refractivity contribution is -0.385. The van der Waals surface area contributed by atoms with E-state index in [9.17, 15) is 10.1 Å². The van der Waals surface area contributed by atoms with Gasteiger partial charge in [0, 0.05) is 18.3 Å². The first-order chi connectivity index (χ1) is 8.60. The maximum Gasteiger partial charge on any atom is 0.289 e. The molecule has 0 spiro atoms. The van der Waals surface area contributed by atoms with Crippen molar-refractivity contribution in [1.82, 2.24) is 0 Å². The van der Waals surface area contributed by atoms with Gasteiger partial charge in [-0.1, -0.05) is 6.92 Å². The molecule has 1 saturated carbocycles. The van der Waals surface area contributed by atoms with Crippen molar-refractivity contribution in [3.8, 4) is 6.07 Å². The predicted molar refractivity (Wildman–Crippen MR) is 68.3 cm³/mol. The van der Waals surface area contributed by atoms with Gasteiger partial charge in [0.15, 0.2) is 0 Å². The summed E-state index contributed by atoms with van der Waals surface area (Å²) in [6.07, 6.45) is 3.56. The van der Waals surface area contributed by atoms with Crippen LogP contribution in [0.3, 0.4) is 0 Å². The van der Waals surface area contributed by atoms with Gasteiger partial charge in [-0.15, -0.1) is 0 Å². The lowest BCUT2D eigenvalue weighted by atomic mass is 10.0. The first-order valence-electron chi connectivity index (χ1n) is 6.03. The average Bonchev–Trinajstić information content (AvgIpc) is 3.16. The molecule has 1 aliphatic carbocycles. The SMILES string of the molecule is CCC1(CNc2ccc(C#N)c([N+](=O)[O-])c2)CC1. The van der Waals surface area contributed by atoms with Crippen LogP contribution in [0, 0.1) is 26.9 Å². The summed E-state index contributed by atoms with van der Waals surface area (Å²) in [6, 6.07) is 6.48. The highest BCUT2D eigenvalue weighted by Crippen LogP contribution is 2.48. The van der Waals surface area contributed by atoms with Crippen molar-refractivity contribution in [2.24, 2.45) is 5.41 Å². The van der Waals surface area contributed by atoms with E-state index in [1.807, 2.05) is 6.07 Å². The predicted octanol–water partition coefficient (Wildman–Crippen LogP) is 3.07. The van der Waals surface area contributed by atoms with E-state index in [0.717, 1.165) is 13.0 Å². The molecule has 0 bridgehead atoms. The average molecular weight is 245 g/mol. The van der Waals surface area contributed by atoms with E-state index in [1.165, 1.54) is 25.0 Å². The van der Waals surface area contributed by atoms with Crippen molar-refractivity contribution in [3.05, 3.63) is 33.9 Å². The van der Waals surface area contributed by atoms with E-state index in [1.54, 1.807) is 6.07 Å². The molecular weight excluding hydrogens is 230 g/mol. The van der Waals surface area contributed by atoms with Crippen molar-refractivity contribution < 1.29 is 4.92 Å². The van der Waals surface area contributed by atoms with Gasteiger partial charge in [-0.05, 0) is 36.8 Å². The van der Waals surface area contributed by atoms with Gasteiger partial charge < -0.3 is 5.32 Å². The number of nitrogens with zero attached hydrogens (tertiary/aromatic N) is 2. The summed E-state index contributed by atoms with van der Waals surface area (Å²) in [6.45, 7) is 3.00. The highest BCUT2D eigenvalue weighted by atomic mass is 16.6. The van der Waals surface area contributed by atoms with E-state index in [0.29, 0.717) is 11.1 Å². The maximum atomic E-state index is 10.8. The zero-order chi connectivity index (χ0) is 13.2. The molecule has 2 rings (SSSR count). The maximum absolute atomic E-state index is 10.8. The number of anilines is 1. The summed E-state index contributed by atoms with van der Waals surface area (Å²) in [5, 5.41) is 22.9. The number of nitro groups is 1. The molecule has 0 amide bonds. The van der Waals surface area contributed by atoms with Gasteiger partial charge in [-0.25, -0.2) is 0 Å². The van der Waals surface area contributed by atoms with E-state index in [-0.39, 0.29) is 11.3 Å². The molecule has 1 aromatic carbocycles. The summed E-state index contributed by atoms with van der Waals surface area (Å²) in [7, 11) is 0. The van der Waals surface area contributed by atoms with Gasteiger partial charge in [0.05, 0.1) is 4.92 Å². The van der Waals surface area contributed by atoms with Crippen molar-refractivity contribution in [2.45, 2.75) is 26.2 Å². The van der Waals surface area contributed by atoms with Crippen LogP contribution in [0.1, 0.15) is 31.7 Å². The van der Waals surface area contributed by atoms with Crippen LogP contribution in [0.2, 0.25) is 0 Å². The largest absolute Gasteiger partial charge is 0.384 e. The second-order valence-electron chi connectivity index (χ2n) is 4.81. The Morgan fingerprint density at radius 2 is 2.28 bits per heavy atom. The fourth-order valence-corrected chi connectivity index (χ4v) is 2.01. The first kappa shape index (κ1) is 12.4. The molecule has 5 nitrogen and oxygen atoms in total. The van der Waals surface area contributed by atoms with Crippen LogP contribution in [0.4, 0.5) is 11.4 Å². The van der Waals surface area contributed by atoms with E-state index in [4.69, 9.17) is 5.26 Å². The number of rotatable bonds is 5. The molecule has 18 heavy (non-hydrogen) atoms. The van der Waals surface area contributed by atoms with E-state index < -0.39 is 4.92 Å². The number of nitro benzene ring substituents is 1. The summed E-state index contributed by atoms with van der Waals surface area (Å²) in [5.74, 6) is 0. The molecule has 1 aromatic rings. The number of benzene rings is 1. The minimum atomic E-state index is -0.517. The van der Waals surface area contributed by atoms with Crippen LogP contribution in [0.15, 0.2) is 18.2 Å². The highest BCUT2D eigenvalue weighted by molar-refractivity contribution is 5.59. The van der Waals surface area contributed by atoms with Crippen LogP contribution in [0.5, 0.6) is 0 Å². The van der Waals surface area contributed by atoms with Crippen LogP contribution in [0.25, 0.3) is 0 Å². The van der Waals surface area contributed by atoms with Gasteiger partial charge in [-0.2, -0.15) is 5.26 Å². The summed E-state index contributed by atoms with van der Waals surface area (Å²) in [5.41, 5.74) is 1.05. The van der Waals surface area contributed by atoms with Crippen LogP contribution in [-0.2, 0) is 0 Å². The normalized spacial score (nSPS) is 15.8. The molecule has 0 aliphatic heterocycles. The first-order valence-corrected chi connectivity index (χ1v) is 6.03. The molecule has 5 heteroatoms. The summed E-state index contributed by atoms with van der Waals surface area (Å²) < 4.78 is 0. The Kier molecular flexibility index (Phi) is 3.19. The van der Waals surface area contributed by atoms with E-state index >= 15 is 0 Å². The zero-order valence-electron chi connectivity index (χ0n) is 10.3. The Labute approximate surface area is 106 Å². The third-order valence-electron chi connectivity index (χ3n) is 3.69. The molecule has 0 radical (unpaired) electrons. The zero-order valence-corrected chi connectivity index (χ0v) is 10.3. The topological polar surface area (TPSA) is 79.0 Å². The number of nitriles is 1. The fraction of sp³-hybridized carbons (Fsp3) is 0.462. The molecule has 0 unspecified atom stereocenters. The Hall–Kier alpha value is -2.09. The van der Waals surface area contributed by atoms with E-state index in [2.05, 4.69) is 12.2 Å². The Balaban J connectivity index is 2.12. The van der Waals surface area contributed by atoms with Crippen LogP contribution < -0.4 is 5.32 Å². The smallest absolute Gasteiger partial charge is 0.289 e. The van der Waals surface area contributed by atoms with Gasteiger partial charge in [0.25, 0.3) is 5.69 Å². The van der Waals surface area contributed by atoms with Crippen LogP contribution >= 0.6 is 0 Å². The third-order valence-corrected chi connectivity index (χ3v) is 3.69. The van der Waals surface area contributed by atoms with Crippen molar-refractivity contribution in [2.75, 3.05) is 11.9 Å². The molecule has 1 fully saturated rings. The Bertz CT molecular complexity index is 515. The van der Waals surface area contributed by atoms with Crippen LogP contribution in [-0.4, -0.2) is 11.5 Å². The standard InChI is InChI=1S/C13H15N3O2/c1-2-13(5-6-13)9-15-11-4-3-10(8-14)12(7-11)16(17)18/h3-4,7,15H,2,5-6,9H2,1H3. The molecule has 0 atom stereocenters. The molecule has 1 aliphatic rings. The van der Waals surface area contributed by atoms with Crippen molar-refractivity contribution in [1.29, 1.82) is 5.26 Å². The quantitative estimate of drug-likeness (QED) is 0.638. The number of nitrogens with one attached hydrogen (secondary N) is 1. The minimum Gasteiger partial charge on any atom is -0.384 e. The van der Waals surface area contributed by atoms with Gasteiger partial charge in [0.1, 0.15) is 11.6 Å². The Morgan fingerprint density at radius 3 is 2.78 bits per heavy atom. The van der Waals surface area contributed by atoms with Crippen molar-refractivity contribution >= 4 is 11.4 Å². The number of hydrogen-bond acceptors (Lipinski definition) is 4. The second-order valence-corrected chi connectivity index (χ2v) is 4.81. The molecule has 0 saturated heterocycles. The van der Waals surface area contributed by atoms with Gasteiger partial charge >= 0.3 is 0 Å². The van der Waals surface area contributed by atoms with Gasteiger partial charge in [-0.3, -0.25) is 10.1 Å². The summed E-state index contributed by atoms with van der Waals surface area (Å²) >= 11 is 0. The van der Waals surface area contributed by atoms with Gasteiger partial charge in [0.2, 0.25) is 0 Å². The molecule has 94 valence electrons. The molecule has 0 aromatic heterocycles.